The molecule has 1 saturated heterocycles. The molecule has 6 nitrogen and oxygen atoms in total. The summed E-state index contributed by atoms with van der Waals surface area (Å²) in [6, 6.07) is 5.04. The quantitative estimate of drug-likeness (QED) is 0.885. The van der Waals surface area contributed by atoms with E-state index < -0.39 is 5.97 Å². The second-order valence-corrected chi connectivity index (χ2v) is 5.27. The van der Waals surface area contributed by atoms with Gasteiger partial charge in [-0.1, -0.05) is 6.07 Å². The summed E-state index contributed by atoms with van der Waals surface area (Å²) in [5, 5.41) is 12.4. The first-order chi connectivity index (χ1) is 10.2. The average Bonchev–Trinajstić information content (AvgIpc) is 2.53. The highest BCUT2D eigenvalue weighted by Gasteiger charge is 2.25. The molecule has 0 aliphatic carbocycles. The van der Waals surface area contributed by atoms with E-state index in [1.807, 2.05) is 6.07 Å². The van der Waals surface area contributed by atoms with Gasteiger partial charge in [0, 0.05) is 6.61 Å². The number of fused-ring (bicyclic) bond motifs is 1. The average molecular weight is 293 g/mol. The van der Waals surface area contributed by atoms with Gasteiger partial charge in [-0.15, -0.1) is 0 Å². The van der Waals surface area contributed by atoms with Gasteiger partial charge >= 0.3 is 5.97 Å². The number of anilines is 1. The third-order valence-electron chi connectivity index (χ3n) is 3.66. The number of hydrogen-bond acceptors (Lipinski definition) is 5. The zero-order valence-electron chi connectivity index (χ0n) is 11.7. The van der Waals surface area contributed by atoms with E-state index in [4.69, 9.17) is 19.3 Å². The first-order valence-corrected chi connectivity index (χ1v) is 7.23. The van der Waals surface area contributed by atoms with E-state index in [9.17, 15) is 4.79 Å². The molecule has 2 aliphatic heterocycles. The molecular weight excluding hydrogens is 274 g/mol. The van der Waals surface area contributed by atoms with Crippen LogP contribution in [0.2, 0.25) is 0 Å². The minimum absolute atomic E-state index is 0.00734. The van der Waals surface area contributed by atoms with E-state index in [1.54, 1.807) is 6.07 Å². The first-order valence-electron chi connectivity index (χ1n) is 7.23. The van der Waals surface area contributed by atoms with Crippen molar-refractivity contribution < 1.29 is 24.1 Å². The highest BCUT2D eigenvalue weighted by molar-refractivity contribution is 5.93. The van der Waals surface area contributed by atoms with Crippen LogP contribution in [0.3, 0.4) is 0 Å². The Morgan fingerprint density at radius 1 is 1.43 bits per heavy atom. The second kappa shape index (κ2) is 6.32. The number of carbonyl (C=O) groups is 1. The maximum Gasteiger partial charge on any atom is 0.339 e. The molecule has 0 spiro atoms. The van der Waals surface area contributed by atoms with Crippen molar-refractivity contribution in [1.29, 1.82) is 0 Å². The molecule has 1 aromatic rings. The number of nitrogens with one attached hydrogen (secondary N) is 1. The van der Waals surface area contributed by atoms with E-state index in [1.165, 1.54) is 6.07 Å². The summed E-state index contributed by atoms with van der Waals surface area (Å²) < 4.78 is 16.9. The Bertz CT molecular complexity index is 513. The largest absolute Gasteiger partial charge is 0.488 e. The predicted octanol–water partition coefficient (Wildman–Crippen LogP) is 2.10. The number of benzene rings is 1. The summed E-state index contributed by atoms with van der Waals surface area (Å²) in [6.45, 7) is 1.61. The van der Waals surface area contributed by atoms with Crippen LogP contribution in [0.4, 0.5) is 5.69 Å². The van der Waals surface area contributed by atoms with Gasteiger partial charge in [-0.2, -0.15) is 0 Å². The van der Waals surface area contributed by atoms with Crippen LogP contribution in [0.15, 0.2) is 18.2 Å². The lowest BCUT2D eigenvalue weighted by atomic mass is 10.1. The Labute approximate surface area is 123 Å². The minimum atomic E-state index is -0.987. The normalized spacial score (nSPS) is 24.6. The molecule has 1 fully saturated rings. The van der Waals surface area contributed by atoms with Crippen LogP contribution >= 0.6 is 0 Å². The number of carboxylic acids is 1. The van der Waals surface area contributed by atoms with Crippen molar-refractivity contribution in [2.45, 2.75) is 31.6 Å². The maximum absolute atomic E-state index is 11.1. The molecule has 0 radical (unpaired) electrons. The molecule has 21 heavy (non-hydrogen) atoms. The summed E-state index contributed by atoms with van der Waals surface area (Å²) in [4.78, 5) is 11.1. The van der Waals surface area contributed by atoms with E-state index in [0.29, 0.717) is 24.7 Å². The fourth-order valence-electron chi connectivity index (χ4n) is 2.58. The zero-order chi connectivity index (χ0) is 14.7. The van der Waals surface area contributed by atoms with Gasteiger partial charge in [-0.05, 0) is 31.4 Å². The lowest BCUT2D eigenvalue weighted by Crippen LogP contribution is -2.38. The van der Waals surface area contributed by atoms with Crippen LogP contribution in [0, 0.1) is 0 Å². The minimum Gasteiger partial charge on any atom is -0.488 e. The van der Waals surface area contributed by atoms with Crippen LogP contribution in [0.1, 0.15) is 29.6 Å². The fourth-order valence-corrected chi connectivity index (χ4v) is 2.58. The van der Waals surface area contributed by atoms with Crippen LogP contribution in [0.25, 0.3) is 0 Å². The molecule has 1 aromatic carbocycles. The van der Waals surface area contributed by atoms with Crippen molar-refractivity contribution >= 4 is 11.7 Å². The van der Waals surface area contributed by atoms with Gasteiger partial charge in [0.05, 0.1) is 18.3 Å². The van der Waals surface area contributed by atoms with Crippen molar-refractivity contribution in [3.05, 3.63) is 23.8 Å². The third-order valence-corrected chi connectivity index (χ3v) is 3.66. The summed E-state index contributed by atoms with van der Waals surface area (Å²) >= 11 is 0. The van der Waals surface area contributed by atoms with Gasteiger partial charge in [0.2, 0.25) is 0 Å². The highest BCUT2D eigenvalue weighted by atomic mass is 16.7. The van der Waals surface area contributed by atoms with Gasteiger partial charge in [0.25, 0.3) is 0 Å². The molecule has 2 aliphatic rings. The molecule has 2 atom stereocenters. The summed E-state index contributed by atoms with van der Waals surface area (Å²) in [7, 11) is 0. The number of ether oxygens (including phenoxy) is 3. The standard InChI is InChI=1S/C15H19NO5/c17-15(18)11-4-3-5-12-14(11)21-9-10(16-12)8-20-13-6-1-2-7-19-13/h3-5,10,13,16H,1-2,6-9H2,(H,17,18). The van der Waals surface area contributed by atoms with Gasteiger partial charge < -0.3 is 24.6 Å². The summed E-state index contributed by atoms with van der Waals surface area (Å²) in [5.74, 6) is -0.589. The van der Waals surface area contributed by atoms with Gasteiger partial charge in [-0.3, -0.25) is 0 Å². The maximum atomic E-state index is 11.1. The Morgan fingerprint density at radius 3 is 3.10 bits per heavy atom. The number of carboxylic acid groups (broad SMARTS) is 1. The van der Waals surface area contributed by atoms with Gasteiger partial charge in [-0.25, -0.2) is 4.79 Å². The van der Waals surface area contributed by atoms with E-state index in [-0.39, 0.29) is 17.9 Å². The molecule has 6 heteroatoms. The number of aromatic carboxylic acids is 1. The molecule has 3 rings (SSSR count). The summed E-state index contributed by atoms with van der Waals surface area (Å²) in [5.41, 5.74) is 0.870. The second-order valence-electron chi connectivity index (χ2n) is 5.27. The monoisotopic (exact) mass is 293 g/mol. The highest BCUT2D eigenvalue weighted by Crippen LogP contribution is 2.32. The molecule has 2 N–H and O–H groups in total. The van der Waals surface area contributed by atoms with Crippen molar-refractivity contribution in [3.63, 3.8) is 0 Å². The smallest absolute Gasteiger partial charge is 0.339 e. The molecule has 0 aromatic heterocycles. The molecule has 0 amide bonds. The van der Waals surface area contributed by atoms with Gasteiger partial charge in [0.1, 0.15) is 12.2 Å². The third kappa shape index (κ3) is 3.28. The molecule has 2 unspecified atom stereocenters. The predicted molar refractivity (Wildman–Crippen MR) is 75.9 cm³/mol. The topological polar surface area (TPSA) is 77.0 Å². The van der Waals surface area contributed by atoms with Crippen LogP contribution in [-0.2, 0) is 9.47 Å². The van der Waals surface area contributed by atoms with Crippen molar-refractivity contribution in [2.24, 2.45) is 0 Å². The summed E-state index contributed by atoms with van der Waals surface area (Å²) in [6.07, 6.45) is 3.01. The van der Waals surface area contributed by atoms with Crippen LogP contribution < -0.4 is 10.1 Å². The number of rotatable bonds is 4. The Balaban J connectivity index is 1.59. The molecular formula is C15H19NO5. The number of para-hydroxylation sites is 1. The lowest BCUT2D eigenvalue weighted by molar-refractivity contribution is -0.164. The van der Waals surface area contributed by atoms with Crippen molar-refractivity contribution in [1.82, 2.24) is 0 Å². The molecule has 0 bridgehead atoms. The Kier molecular flexibility index (Phi) is 4.26. The van der Waals surface area contributed by atoms with Gasteiger partial charge in [0.15, 0.2) is 12.0 Å². The Morgan fingerprint density at radius 2 is 2.33 bits per heavy atom. The first kappa shape index (κ1) is 14.2. The lowest BCUT2D eigenvalue weighted by Gasteiger charge is -2.30. The number of hydrogen-bond donors (Lipinski definition) is 2. The fraction of sp³-hybridized carbons (Fsp3) is 0.533. The van der Waals surface area contributed by atoms with Crippen LogP contribution in [-0.4, -0.2) is 43.2 Å². The Hall–Kier alpha value is -1.79. The molecule has 0 saturated carbocycles. The van der Waals surface area contributed by atoms with Crippen molar-refractivity contribution in [2.75, 3.05) is 25.1 Å². The SMILES string of the molecule is O=C(O)c1cccc2c1OCC(COC1CCCCO1)N2. The zero-order valence-corrected chi connectivity index (χ0v) is 11.7. The van der Waals surface area contributed by atoms with E-state index in [0.717, 1.165) is 25.9 Å². The van der Waals surface area contributed by atoms with Crippen LogP contribution in [0.5, 0.6) is 5.75 Å². The van der Waals surface area contributed by atoms with E-state index >= 15 is 0 Å². The van der Waals surface area contributed by atoms with Crippen molar-refractivity contribution in [3.8, 4) is 5.75 Å². The molecule has 114 valence electrons. The van der Waals surface area contributed by atoms with E-state index in [2.05, 4.69) is 5.32 Å². The molecule has 2 heterocycles.